The summed E-state index contributed by atoms with van der Waals surface area (Å²) in [6, 6.07) is 4.82. The fourth-order valence-corrected chi connectivity index (χ4v) is 1.32. The second kappa shape index (κ2) is 4.03. The molecule has 0 N–H and O–H groups in total. The number of aldehydes is 1. The Morgan fingerprint density at radius 3 is 2.64 bits per heavy atom. The third-order valence-corrected chi connectivity index (χ3v) is 2.11. The lowest BCUT2D eigenvalue weighted by Crippen LogP contribution is -2.01. The van der Waals surface area contributed by atoms with Gasteiger partial charge in [0.1, 0.15) is 6.07 Å². The molecule has 1 rings (SSSR count). The molecular formula is C10H6ClNO2. The van der Waals surface area contributed by atoms with Crippen molar-refractivity contribution in [3.63, 3.8) is 0 Å². The first-order valence-electron chi connectivity index (χ1n) is 3.80. The Bertz CT molecular complexity index is 446. The van der Waals surface area contributed by atoms with Crippen LogP contribution in [0.5, 0.6) is 0 Å². The smallest absolute Gasteiger partial charge is 0.253 e. The van der Waals surface area contributed by atoms with Gasteiger partial charge in [-0.25, -0.2) is 0 Å². The molecule has 14 heavy (non-hydrogen) atoms. The number of aryl methyl sites for hydroxylation is 1. The van der Waals surface area contributed by atoms with Crippen molar-refractivity contribution in [2.24, 2.45) is 0 Å². The van der Waals surface area contributed by atoms with Crippen molar-refractivity contribution < 1.29 is 9.59 Å². The van der Waals surface area contributed by atoms with Gasteiger partial charge in [-0.05, 0) is 30.2 Å². The van der Waals surface area contributed by atoms with Crippen LogP contribution in [0.25, 0.3) is 0 Å². The number of benzene rings is 1. The van der Waals surface area contributed by atoms with Crippen LogP contribution in [0.4, 0.5) is 0 Å². The molecule has 0 bridgehead atoms. The SMILES string of the molecule is Cc1ccc(C(=O)Cl)c(C#N)c1C=O. The Balaban J connectivity index is 3.58. The van der Waals surface area contributed by atoms with Gasteiger partial charge >= 0.3 is 0 Å². The number of rotatable bonds is 2. The molecule has 4 heteroatoms. The predicted molar refractivity (Wildman–Crippen MR) is 51.5 cm³/mol. The molecule has 0 unspecified atom stereocenters. The summed E-state index contributed by atoms with van der Waals surface area (Å²) in [5.41, 5.74) is 0.985. The van der Waals surface area contributed by atoms with Crippen LogP contribution in [0.2, 0.25) is 0 Å². The maximum atomic E-state index is 10.9. The van der Waals surface area contributed by atoms with E-state index in [2.05, 4.69) is 0 Å². The van der Waals surface area contributed by atoms with Gasteiger partial charge in [0.2, 0.25) is 0 Å². The van der Waals surface area contributed by atoms with Crippen LogP contribution in [-0.4, -0.2) is 11.5 Å². The number of carbonyl (C=O) groups is 2. The summed E-state index contributed by atoms with van der Waals surface area (Å²) in [5.74, 6) is 0. The molecule has 0 atom stereocenters. The third-order valence-electron chi connectivity index (χ3n) is 1.90. The van der Waals surface area contributed by atoms with E-state index in [9.17, 15) is 9.59 Å². The van der Waals surface area contributed by atoms with Crippen LogP contribution >= 0.6 is 11.6 Å². The van der Waals surface area contributed by atoms with Crippen LogP contribution < -0.4 is 0 Å². The van der Waals surface area contributed by atoms with Crippen LogP contribution in [0.3, 0.4) is 0 Å². The predicted octanol–water partition coefficient (Wildman–Crippen LogP) is 2.06. The van der Waals surface area contributed by atoms with Crippen molar-refractivity contribution in [1.29, 1.82) is 5.26 Å². The van der Waals surface area contributed by atoms with Crippen LogP contribution in [0.15, 0.2) is 12.1 Å². The Kier molecular flexibility index (Phi) is 3.00. The van der Waals surface area contributed by atoms with E-state index in [1.807, 2.05) is 0 Å². The Labute approximate surface area is 85.9 Å². The van der Waals surface area contributed by atoms with E-state index in [0.29, 0.717) is 11.8 Å². The van der Waals surface area contributed by atoms with Gasteiger partial charge in [-0.2, -0.15) is 5.26 Å². The molecule has 0 aliphatic carbocycles. The number of carbonyl (C=O) groups excluding carboxylic acids is 2. The zero-order valence-electron chi connectivity index (χ0n) is 7.37. The first-order valence-corrected chi connectivity index (χ1v) is 4.18. The van der Waals surface area contributed by atoms with E-state index in [0.717, 1.165) is 0 Å². The van der Waals surface area contributed by atoms with Crippen LogP contribution in [0.1, 0.15) is 31.8 Å². The first kappa shape index (κ1) is 10.4. The highest BCUT2D eigenvalue weighted by atomic mass is 35.5. The average molecular weight is 208 g/mol. The van der Waals surface area contributed by atoms with Crippen molar-refractivity contribution >= 4 is 23.1 Å². The number of halogens is 1. The lowest BCUT2D eigenvalue weighted by molar-refractivity contribution is 0.108. The molecule has 0 saturated carbocycles. The minimum absolute atomic E-state index is 0.0417. The number of hydrogen-bond acceptors (Lipinski definition) is 3. The van der Waals surface area contributed by atoms with Crippen molar-refractivity contribution in [2.45, 2.75) is 6.92 Å². The van der Waals surface area contributed by atoms with Gasteiger partial charge in [0.05, 0.1) is 11.1 Å². The van der Waals surface area contributed by atoms with E-state index in [4.69, 9.17) is 16.9 Å². The maximum Gasteiger partial charge on any atom is 0.253 e. The molecule has 0 aromatic heterocycles. The molecule has 0 fully saturated rings. The molecule has 0 radical (unpaired) electrons. The van der Waals surface area contributed by atoms with E-state index in [1.165, 1.54) is 6.07 Å². The van der Waals surface area contributed by atoms with Crippen molar-refractivity contribution in [3.05, 3.63) is 34.4 Å². The van der Waals surface area contributed by atoms with E-state index in [1.54, 1.807) is 19.1 Å². The lowest BCUT2D eigenvalue weighted by atomic mass is 9.99. The number of nitriles is 1. The van der Waals surface area contributed by atoms with Crippen LogP contribution in [0, 0.1) is 18.3 Å². The zero-order valence-corrected chi connectivity index (χ0v) is 8.13. The monoisotopic (exact) mass is 207 g/mol. The first-order chi connectivity index (χ1) is 6.61. The molecule has 1 aromatic carbocycles. The standard InChI is InChI=1S/C10H6ClNO2/c1-6-2-3-7(10(11)14)8(4-12)9(6)5-13/h2-3,5H,1H3. The molecule has 0 aliphatic heterocycles. The van der Waals surface area contributed by atoms with Gasteiger partial charge in [-0.3, -0.25) is 9.59 Å². The number of hydrogen-bond donors (Lipinski definition) is 0. The van der Waals surface area contributed by atoms with Gasteiger partial charge in [-0.15, -0.1) is 0 Å². The summed E-state index contributed by atoms with van der Waals surface area (Å²) in [4.78, 5) is 21.6. The van der Waals surface area contributed by atoms with Crippen molar-refractivity contribution in [1.82, 2.24) is 0 Å². The lowest BCUT2D eigenvalue weighted by Gasteiger charge is -2.03. The van der Waals surface area contributed by atoms with Gasteiger partial charge in [0.25, 0.3) is 5.24 Å². The van der Waals surface area contributed by atoms with Crippen molar-refractivity contribution in [2.75, 3.05) is 0 Å². The summed E-state index contributed by atoms with van der Waals surface area (Å²) in [5, 5.41) is 8.05. The zero-order chi connectivity index (χ0) is 10.7. The normalized spacial score (nSPS) is 9.21. The molecule has 0 spiro atoms. The molecule has 3 nitrogen and oxygen atoms in total. The fraction of sp³-hybridized carbons (Fsp3) is 0.100. The number of nitrogens with zero attached hydrogens (tertiary/aromatic N) is 1. The van der Waals surface area contributed by atoms with E-state index < -0.39 is 5.24 Å². The fourth-order valence-electron chi connectivity index (χ4n) is 1.16. The highest BCUT2D eigenvalue weighted by Crippen LogP contribution is 2.18. The average Bonchev–Trinajstić information content (AvgIpc) is 2.16. The quantitative estimate of drug-likeness (QED) is 0.551. The van der Waals surface area contributed by atoms with Gasteiger partial charge < -0.3 is 0 Å². The van der Waals surface area contributed by atoms with Crippen LogP contribution in [-0.2, 0) is 0 Å². The van der Waals surface area contributed by atoms with Gasteiger partial charge in [-0.1, -0.05) is 6.07 Å². The molecule has 0 saturated heterocycles. The molecule has 0 amide bonds. The van der Waals surface area contributed by atoms with E-state index in [-0.39, 0.29) is 16.7 Å². The summed E-state index contributed by atoms with van der Waals surface area (Å²) in [7, 11) is 0. The van der Waals surface area contributed by atoms with Crippen molar-refractivity contribution in [3.8, 4) is 6.07 Å². The minimum Gasteiger partial charge on any atom is -0.298 e. The molecular weight excluding hydrogens is 202 g/mol. The molecule has 1 aromatic rings. The summed E-state index contributed by atoms with van der Waals surface area (Å²) in [6.45, 7) is 1.69. The third kappa shape index (κ3) is 1.66. The highest BCUT2D eigenvalue weighted by molar-refractivity contribution is 6.68. The van der Waals surface area contributed by atoms with E-state index >= 15 is 0 Å². The molecule has 70 valence electrons. The molecule has 0 heterocycles. The maximum absolute atomic E-state index is 10.9. The highest BCUT2D eigenvalue weighted by Gasteiger charge is 2.14. The largest absolute Gasteiger partial charge is 0.298 e. The Hall–Kier alpha value is -1.66. The summed E-state index contributed by atoms with van der Waals surface area (Å²) < 4.78 is 0. The topological polar surface area (TPSA) is 57.9 Å². The second-order valence-corrected chi connectivity index (χ2v) is 3.07. The Morgan fingerprint density at radius 2 is 2.21 bits per heavy atom. The second-order valence-electron chi connectivity index (χ2n) is 2.72. The van der Waals surface area contributed by atoms with Gasteiger partial charge in [0.15, 0.2) is 6.29 Å². The van der Waals surface area contributed by atoms with Gasteiger partial charge in [0, 0.05) is 5.56 Å². The Morgan fingerprint density at radius 1 is 1.57 bits per heavy atom. The minimum atomic E-state index is -0.732. The molecule has 0 aliphatic rings. The summed E-state index contributed by atoms with van der Waals surface area (Å²) >= 11 is 5.26. The summed E-state index contributed by atoms with van der Waals surface area (Å²) in [6.07, 6.45) is 0.553.